The van der Waals surface area contributed by atoms with Gasteiger partial charge in [-0.05, 0) is 48.7 Å². The molecule has 2 aromatic carbocycles. The minimum Gasteiger partial charge on any atom is -0.399 e. The minimum absolute atomic E-state index is 0.0892. The van der Waals surface area contributed by atoms with E-state index >= 15 is 0 Å². The van der Waals surface area contributed by atoms with Crippen molar-refractivity contribution in [2.75, 3.05) is 12.3 Å². The largest absolute Gasteiger partial charge is 0.399 e. The van der Waals surface area contributed by atoms with E-state index in [2.05, 4.69) is 5.32 Å². The van der Waals surface area contributed by atoms with E-state index < -0.39 is 0 Å². The summed E-state index contributed by atoms with van der Waals surface area (Å²) in [6.07, 6.45) is 0.802. The molecule has 1 heterocycles. The number of aryl methyl sites for hydroxylation is 1. The Morgan fingerprint density at radius 3 is 2.76 bits per heavy atom. The van der Waals surface area contributed by atoms with Crippen LogP contribution >= 0.6 is 0 Å². The lowest BCUT2D eigenvalue weighted by Crippen LogP contribution is -2.32. The lowest BCUT2D eigenvalue weighted by atomic mass is 9.93. The monoisotopic (exact) mass is 280 g/mol. The number of fused-ring (bicyclic) bond motifs is 1. The molecule has 21 heavy (non-hydrogen) atoms. The molecule has 0 atom stereocenters. The summed E-state index contributed by atoms with van der Waals surface area (Å²) in [5, 5.41) is 2.80. The zero-order valence-corrected chi connectivity index (χ0v) is 11.8. The van der Waals surface area contributed by atoms with Crippen molar-refractivity contribution >= 4 is 17.4 Å². The molecule has 1 aliphatic heterocycles. The van der Waals surface area contributed by atoms with Crippen LogP contribution in [0.4, 0.5) is 5.69 Å². The van der Waals surface area contributed by atoms with Gasteiger partial charge in [-0.25, -0.2) is 0 Å². The highest BCUT2D eigenvalue weighted by Crippen LogP contribution is 2.21. The van der Waals surface area contributed by atoms with Gasteiger partial charge in [0.2, 0.25) is 0 Å². The highest BCUT2D eigenvalue weighted by molar-refractivity contribution is 6.11. The number of ketones is 1. The Balaban J connectivity index is 2.02. The van der Waals surface area contributed by atoms with Gasteiger partial charge in [-0.2, -0.15) is 0 Å². The van der Waals surface area contributed by atoms with Crippen LogP contribution in [-0.2, 0) is 6.42 Å². The van der Waals surface area contributed by atoms with Crippen molar-refractivity contribution in [2.24, 2.45) is 0 Å². The maximum absolute atomic E-state index is 12.6. The fraction of sp³-hybridized carbons (Fsp3) is 0.176. The average Bonchev–Trinajstić information content (AvgIpc) is 2.47. The number of hydrogen-bond acceptors (Lipinski definition) is 3. The molecular formula is C17H16N2O2. The fourth-order valence-electron chi connectivity index (χ4n) is 2.65. The van der Waals surface area contributed by atoms with Crippen LogP contribution in [0, 0.1) is 6.92 Å². The third-order valence-corrected chi connectivity index (χ3v) is 3.79. The highest BCUT2D eigenvalue weighted by Gasteiger charge is 2.19. The molecule has 0 aliphatic carbocycles. The number of carbonyl (C=O) groups is 2. The van der Waals surface area contributed by atoms with Crippen molar-refractivity contribution in [3.05, 3.63) is 64.2 Å². The number of hydrogen-bond donors (Lipinski definition) is 2. The van der Waals surface area contributed by atoms with Gasteiger partial charge in [0, 0.05) is 28.9 Å². The summed E-state index contributed by atoms with van der Waals surface area (Å²) in [5.41, 5.74) is 9.91. The molecule has 106 valence electrons. The van der Waals surface area contributed by atoms with E-state index in [1.807, 2.05) is 13.0 Å². The maximum atomic E-state index is 12.6. The van der Waals surface area contributed by atoms with Crippen LogP contribution in [0.25, 0.3) is 0 Å². The first-order valence-electron chi connectivity index (χ1n) is 6.88. The summed E-state index contributed by atoms with van der Waals surface area (Å²) in [4.78, 5) is 24.5. The lowest BCUT2D eigenvalue weighted by Gasteiger charge is -2.17. The van der Waals surface area contributed by atoms with Crippen LogP contribution in [-0.4, -0.2) is 18.2 Å². The summed E-state index contributed by atoms with van der Waals surface area (Å²) in [6.45, 7) is 2.50. The van der Waals surface area contributed by atoms with E-state index in [-0.39, 0.29) is 11.7 Å². The zero-order valence-electron chi connectivity index (χ0n) is 11.8. The summed E-state index contributed by atoms with van der Waals surface area (Å²) < 4.78 is 0. The smallest absolute Gasteiger partial charge is 0.251 e. The first kappa shape index (κ1) is 13.4. The van der Waals surface area contributed by atoms with E-state index in [0.717, 1.165) is 17.5 Å². The number of nitrogens with one attached hydrogen (secondary N) is 1. The standard InChI is InChI=1S/C17H16N2O2/c1-10-8-13(18)4-5-14(10)16(20)12-3-2-11-6-7-19-17(21)15(11)9-12/h2-5,8-9H,6-7,18H2,1H3,(H,19,21). The first-order valence-corrected chi connectivity index (χ1v) is 6.88. The fourth-order valence-corrected chi connectivity index (χ4v) is 2.65. The predicted molar refractivity (Wildman–Crippen MR) is 81.5 cm³/mol. The van der Waals surface area contributed by atoms with Gasteiger partial charge in [0.15, 0.2) is 5.78 Å². The van der Waals surface area contributed by atoms with Gasteiger partial charge in [-0.3, -0.25) is 9.59 Å². The summed E-state index contributed by atoms with van der Waals surface area (Å²) >= 11 is 0. The Labute approximate surface area is 123 Å². The number of carbonyl (C=O) groups excluding carboxylic acids is 2. The van der Waals surface area contributed by atoms with Crippen LogP contribution in [0.2, 0.25) is 0 Å². The molecule has 0 saturated heterocycles. The third kappa shape index (κ3) is 2.40. The topological polar surface area (TPSA) is 72.2 Å². The van der Waals surface area contributed by atoms with E-state index in [9.17, 15) is 9.59 Å². The van der Waals surface area contributed by atoms with E-state index in [1.165, 1.54) is 0 Å². The third-order valence-electron chi connectivity index (χ3n) is 3.79. The second-order valence-electron chi connectivity index (χ2n) is 5.28. The molecule has 3 rings (SSSR count). The van der Waals surface area contributed by atoms with Gasteiger partial charge in [0.1, 0.15) is 0 Å². The Morgan fingerprint density at radius 2 is 2.00 bits per heavy atom. The van der Waals surface area contributed by atoms with Gasteiger partial charge < -0.3 is 11.1 Å². The highest BCUT2D eigenvalue weighted by atomic mass is 16.1. The molecule has 0 fully saturated rings. The number of benzene rings is 2. The molecule has 0 spiro atoms. The van der Waals surface area contributed by atoms with Crippen LogP contribution in [0.5, 0.6) is 0 Å². The number of nitrogens with two attached hydrogens (primary N) is 1. The van der Waals surface area contributed by atoms with Crippen LogP contribution in [0.15, 0.2) is 36.4 Å². The Morgan fingerprint density at radius 1 is 1.19 bits per heavy atom. The summed E-state index contributed by atoms with van der Waals surface area (Å²) in [5.74, 6) is -0.200. The molecular weight excluding hydrogens is 264 g/mol. The van der Waals surface area contributed by atoms with Crippen molar-refractivity contribution in [3.8, 4) is 0 Å². The van der Waals surface area contributed by atoms with Crippen molar-refractivity contribution < 1.29 is 9.59 Å². The second kappa shape index (κ2) is 5.05. The molecule has 0 aromatic heterocycles. The van der Waals surface area contributed by atoms with Crippen LogP contribution < -0.4 is 11.1 Å². The maximum Gasteiger partial charge on any atom is 0.251 e. The Kier molecular flexibility index (Phi) is 3.22. The summed E-state index contributed by atoms with van der Waals surface area (Å²) in [7, 11) is 0. The predicted octanol–water partition coefficient (Wildman–Crippen LogP) is 2.09. The van der Waals surface area contributed by atoms with Crippen molar-refractivity contribution in [1.29, 1.82) is 0 Å². The summed E-state index contributed by atoms with van der Waals surface area (Å²) in [6, 6.07) is 10.6. The van der Waals surface area contributed by atoms with Crippen LogP contribution in [0.3, 0.4) is 0 Å². The second-order valence-corrected chi connectivity index (χ2v) is 5.28. The molecule has 4 nitrogen and oxygen atoms in total. The van der Waals surface area contributed by atoms with E-state index in [4.69, 9.17) is 5.73 Å². The van der Waals surface area contributed by atoms with Gasteiger partial charge in [0.25, 0.3) is 5.91 Å². The number of amides is 1. The minimum atomic E-state index is -0.111. The Bertz CT molecular complexity index is 750. The number of anilines is 1. The molecule has 1 aliphatic rings. The number of nitrogen functional groups attached to an aromatic ring is 1. The normalized spacial score (nSPS) is 13.5. The van der Waals surface area contributed by atoms with E-state index in [1.54, 1.807) is 30.3 Å². The molecule has 4 heteroatoms. The number of rotatable bonds is 2. The van der Waals surface area contributed by atoms with Crippen molar-refractivity contribution in [1.82, 2.24) is 5.32 Å². The van der Waals surface area contributed by atoms with E-state index in [0.29, 0.717) is 28.9 Å². The average molecular weight is 280 g/mol. The van der Waals surface area contributed by atoms with Gasteiger partial charge in [-0.1, -0.05) is 12.1 Å². The Hall–Kier alpha value is -2.62. The zero-order chi connectivity index (χ0) is 15.0. The SMILES string of the molecule is Cc1cc(N)ccc1C(=O)c1ccc2c(c1)C(=O)NCC2. The molecule has 3 N–H and O–H groups in total. The van der Waals surface area contributed by atoms with Gasteiger partial charge in [-0.15, -0.1) is 0 Å². The lowest BCUT2D eigenvalue weighted by molar-refractivity contribution is 0.0946. The molecule has 2 aromatic rings. The van der Waals surface area contributed by atoms with Gasteiger partial charge >= 0.3 is 0 Å². The first-order chi connectivity index (χ1) is 10.1. The molecule has 0 bridgehead atoms. The van der Waals surface area contributed by atoms with Gasteiger partial charge in [0.05, 0.1) is 0 Å². The van der Waals surface area contributed by atoms with Crippen molar-refractivity contribution in [2.45, 2.75) is 13.3 Å². The quantitative estimate of drug-likeness (QED) is 0.653. The molecule has 0 saturated carbocycles. The molecule has 0 unspecified atom stereocenters. The molecule has 0 radical (unpaired) electrons. The van der Waals surface area contributed by atoms with Crippen molar-refractivity contribution in [3.63, 3.8) is 0 Å². The molecule has 1 amide bonds. The van der Waals surface area contributed by atoms with Crippen LogP contribution in [0.1, 0.15) is 37.4 Å².